The van der Waals surface area contributed by atoms with Gasteiger partial charge in [0.15, 0.2) is 19.9 Å². The molecule has 2 aliphatic heterocycles. The Balaban J connectivity index is 1.42. The van der Waals surface area contributed by atoms with Crippen molar-refractivity contribution in [3.8, 4) is 0 Å². The van der Waals surface area contributed by atoms with Crippen molar-refractivity contribution in [3.63, 3.8) is 0 Å². The van der Waals surface area contributed by atoms with E-state index in [1.807, 2.05) is 48.7 Å². The molecule has 0 unspecified atom stereocenters. The number of hydrogen-bond acceptors (Lipinski definition) is 8. The second-order valence-electron chi connectivity index (χ2n) is 12.4. The number of rotatable bonds is 8. The molecule has 2 aromatic heterocycles. The van der Waals surface area contributed by atoms with E-state index in [9.17, 15) is 0 Å². The Hall–Kier alpha value is -2.34. The van der Waals surface area contributed by atoms with Gasteiger partial charge in [-0.15, -0.1) is 0 Å². The van der Waals surface area contributed by atoms with Gasteiger partial charge in [0.2, 0.25) is 0 Å². The third-order valence-corrected chi connectivity index (χ3v) is 12.6. The third-order valence-electron chi connectivity index (χ3n) is 8.10. The Labute approximate surface area is 226 Å². The molecule has 2 aliphatic rings. The lowest BCUT2D eigenvalue weighted by molar-refractivity contribution is -0.157. The second-order valence-corrected chi connectivity index (χ2v) is 17.2. The van der Waals surface area contributed by atoms with Crippen LogP contribution in [-0.4, -0.2) is 53.5 Å². The van der Waals surface area contributed by atoms with Gasteiger partial charge in [-0.1, -0.05) is 51.1 Å². The lowest BCUT2D eigenvalue weighted by atomic mass is 10.0. The van der Waals surface area contributed by atoms with E-state index < -0.39 is 14.1 Å². The Morgan fingerprint density at radius 1 is 1.11 bits per heavy atom. The minimum Gasteiger partial charge on any atom is -0.415 e. The second kappa shape index (κ2) is 10.00. The molecule has 0 aliphatic carbocycles. The summed E-state index contributed by atoms with van der Waals surface area (Å²) in [6, 6.07) is 9.93. The van der Waals surface area contributed by atoms with Crippen LogP contribution in [0.25, 0.3) is 11.0 Å². The summed E-state index contributed by atoms with van der Waals surface area (Å²) < 4.78 is 27.5. The number of nitrogen functional groups attached to an aromatic ring is 1. The number of hydrogen-bond donors (Lipinski definition) is 2. The summed E-state index contributed by atoms with van der Waals surface area (Å²) in [6.45, 7) is 16.6. The maximum Gasteiger partial charge on any atom is 0.192 e. The molecule has 1 aromatic carbocycles. The van der Waals surface area contributed by atoms with Crippen molar-refractivity contribution in [2.24, 2.45) is 0 Å². The predicted molar refractivity (Wildman–Crippen MR) is 150 cm³/mol. The van der Waals surface area contributed by atoms with E-state index in [0.29, 0.717) is 25.8 Å². The van der Waals surface area contributed by atoms with Gasteiger partial charge in [0.25, 0.3) is 0 Å². The van der Waals surface area contributed by atoms with Crippen LogP contribution in [0.1, 0.15) is 51.8 Å². The molecular formula is C28H41N5O4Si. The van der Waals surface area contributed by atoms with Crippen LogP contribution >= 0.6 is 0 Å². The van der Waals surface area contributed by atoms with E-state index in [2.05, 4.69) is 55.3 Å². The number of ether oxygens (including phenoxy) is 3. The van der Waals surface area contributed by atoms with E-state index >= 15 is 0 Å². The first kappa shape index (κ1) is 27.2. The molecule has 4 atom stereocenters. The number of anilines is 1. The first-order valence-corrected chi connectivity index (χ1v) is 16.2. The molecule has 2 saturated heterocycles. The first-order chi connectivity index (χ1) is 17.9. The Bertz CT molecular complexity index is 1270. The number of nitrogens with zero attached hydrogens (tertiary/aromatic N) is 3. The quantitative estimate of drug-likeness (QED) is 0.396. The minimum absolute atomic E-state index is 0.0205. The average molecular weight is 540 g/mol. The van der Waals surface area contributed by atoms with Gasteiger partial charge in [0, 0.05) is 11.8 Å². The summed E-state index contributed by atoms with van der Waals surface area (Å²) in [6.07, 6.45) is 3.22. The molecule has 9 nitrogen and oxygen atoms in total. The lowest BCUT2D eigenvalue weighted by Gasteiger charge is -2.37. The Kier molecular flexibility index (Phi) is 7.17. The van der Waals surface area contributed by atoms with E-state index in [1.165, 1.54) is 6.33 Å². The molecule has 4 heterocycles. The highest BCUT2D eigenvalue weighted by Crippen LogP contribution is 2.44. The van der Waals surface area contributed by atoms with Crippen molar-refractivity contribution in [2.75, 3.05) is 12.3 Å². The highest BCUT2D eigenvalue weighted by molar-refractivity contribution is 6.74. The maximum atomic E-state index is 6.62. The summed E-state index contributed by atoms with van der Waals surface area (Å²) >= 11 is 0. The average Bonchev–Trinajstić information content (AvgIpc) is 3.47. The lowest BCUT2D eigenvalue weighted by Crippen LogP contribution is -2.47. The summed E-state index contributed by atoms with van der Waals surface area (Å²) in [7, 11) is -1.94. The highest BCUT2D eigenvalue weighted by Gasteiger charge is 2.55. The molecule has 0 amide bonds. The van der Waals surface area contributed by atoms with Crippen LogP contribution in [0.4, 0.5) is 5.82 Å². The summed E-state index contributed by atoms with van der Waals surface area (Å²) in [4.78, 5) is 8.89. The van der Waals surface area contributed by atoms with Gasteiger partial charge in [-0.3, -0.25) is 0 Å². The topological polar surface area (TPSA) is 106 Å². The van der Waals surface area contributed by atoms with Crippen LogP contribution in [0.2, 0.25) is 18.1 Å². The van der Waals surface area contributed by atoms with Crippen LogP contribution < -0.4 is 11.1 Å². The van der Waals surface area contributed by atoms with Crippen molar-refractivity contribution in [3.05, 3.63) is 54.0 Å². The van der Waals surface area contributed by atoms with Crippen LogP contribution in [0.15, 0.2) is 42.9 Å². The Morgan fingerprint density at radius 2 is 1.82 bits per heavy atom. The summed E-state index contributed by atoms with van der Waals surface area (Å²) in [5, 5.41) is 3.89. The maximum absolute atomic E-state index is 6.62. The number of fused-ring (bicyclic) bond motifs is 2. The molecule has 10 heteroatoms. The Morgan fingerprint density at radius 3 is 2.53 bits per heavy atom. The molecule has 3 N–H and O–H groups in total. The molecule has 5 rings (SSSR count). The summed E-state index contributed by atoms with van der Waals surface area (Å²) in [5.74, 6) is -0.267. The van der Waals surface area contributed by atoms with E-state index in [1.54, 1.807) is 0 Å². The van der Waals surface area contributed by atoms with Crippen LogP contribution in [0.3, 0.4) is 0 Å². The summed E-state index contributed by atoms with van der Waals surface area (Å²) in [5.41, 5.74) is 9.99. The monoisotopic (exact) mass is 539 g/mol. The van der Waals surface area contributed by atoms with Crippen LogP contribution in [-0.2, 0) is 32.0 Å². The molecule has 0 radical (unpaired) electrons. The van der Waals surface area contributed by atoms with Crippen molar-refractivity contribution < 1.29 is 18.6 Å². The zero-order valence-corrected chi connectivity index (χ0v) is 24.5. The fraction of sp³-hybridized carbons (Fsp3) is 0.571. The first-order valence-electron chi connectivity index (χ1n) is 13.3. The van der Waals surface area contributed by atoms with Gasteiger partial charge in [0.05, 0.1) is 30.8 Å². The van der Waals surface area contributed by atoms with Crippen molar-refractivity contribution in [2.45, 2.75) is 96.2 Å². The zero-order valence-electron chi connectivity index (χ0n) is 23.5. The van der Waals surface area contributed by atoms with Gasteiger partial charge in [0.1, 0.15) is 30.8 Å². The molecule has 0 saturated carbocycles. The van der Waals surface area contributed by atoms with Gasteiger partial charge >= 0.3 is 0 Å². The zero-order chi connectivity index (χ0) is 27.3. The standard InChI is InChI=1S/C28H41N5O4Si/c1-27(2,3)38(6,7)35-15-20-24-25(37-28(4,5)36-24)22(32-20)19-13-33(23-21(19)30-16-31-26(23)29)17-34-14-18-11-9-8-10-12-18/h8-13,16,20,22,24-25,32H,14-15,17H2,1-7H3,(H2,29,30,31)/t20-,22+,24-,25+/m1/s1. The molecular weight excluding hydrogens is 498 g/mol. The SMILES string of the molecule is CC1(C)O[C@@H]2[C@H](O1)[C@@H](CO[Si](C)(C)C(C)(C)C)N[C@H]2c1cn(COCc2ccccc2)c2c(N)ncnc12. The van der Waals surface area contributed by atoms with Crippen LogP contribution in [0, 0.1) is 0 Å². The van der Waals surface area contributed by atoms with Gasteiger partial charge in [-0.25, -0.2) is 9.97 Å². The van der Waals surface area contributed by atoms with Gasteiger partial charge in [-0.2, -0.15) is 0 Å². The fourth-order valence-corrected chi connectivity index (χ4v) is 6.11. The normalized spacial score (nSPS) is 25.2. The minimum atomic E-state index is -1.94. The molecule has 206 valence electrons. The molecule has 0 bridgehead atoms. The van der Waals surface area contributed by atoms with Gasteiger partial charge < -0.3 is 34.3 Å². The van der Waals surface area contributed by atoms with Crippen molar-refractivity contribution >= 4 is 25.2 Å². The van der Waals surface area contributed by atoms with E-state index in [0.717, 1.165) is 22.2 Å². The number of aromatic nitrogens is 3. The van der Waals surface area contributed by atoms with E-state index in [4.69, 9.17) is 24.4 Å². The van der Waals surface area contributed by atoms with Gasteiger partial charge in [-0.05, 0) is 37.5 Å². The van der Waals surface area contributed by atoms with Crippen molar-refractivity contribution in [1.82, 2.24) is 19.9 Å². The highest BCUT2D eigenvalue weighted by atomic mass is 28.4. The molecule has 2 fully saturated rings. The molecule has 0 spiro atoms. The number of benzene rings is 1. The number of nitrogens with one attached hydrogen (secondary N) is 1. The molecule has 38 heavy (non-hydrogen) atoms. The van der Waals surface area contributed by atoms with Crippen molar-refractivity contribution in [1.29, 1.82) is 0 Å². The molecule has 3 aromatic rings. The van der Waals surface area contributed by atoms with E-state index in [-0.39, 0.29) is 29.3 Å². The number of nitrogens with two attached hydrogens (primary N) is 1. The largest absolute Gasteiger partial charge is 0.415 e. The predicted octanol–water partition coefficient (Wildman–Crippen LogP) is 4.74. The fourth-order valence-electron chi connectivity index (χ4n) is 5.08. The van der Waals surface area contributed by atoms with Crippen LogP contribution in [0.5, 0.6) is 0 Å². The third kappa shape index (κ3) is 5.25. The smallest absolute Gasteiger partial charge is 0.192 e.